The van der Waals surface area contributed by atoms with Crippen LogP contribution in [0.4, 0.5) is 8.78 Å². The molecule has 0 saturated carbocycles. The van der Waals surface area contributed by atoms with E-state index in [2.05, 4.69) is 5.32 Å². The molecule has 3 aromatic rings. The van der Waals surface area contributed by atoms with Gasteiger partial charge in [-0.25, -0.2) is 13.6 Å². The maximum absolute atomic E-state index is 14.0. The molecule has 1 atom stereocenters. The molecule has 0 aliphatic carbocycles. The van der Waals surface area contributed by atoms with Crippen molar-refractivity contribution in [2.24, 2.45) is 0 Å². The summed E-state index contributed by atoms with van der Waals surface area (Å²) in [6.45, 7) is 0.461. The van der Waals surface area contributed by atoms with E-state index < -0.39 is 35.1 Å². The Kier molecular flexibility index (Phi) is 6.99. The molecule has 1 aliphatic heterocycles. The number of hydrogen-bond acceptors (Lipinski definition) is 4. The van der Waals surface area contributed by atoms with Gasteiger partial charge in [-0.05, 0) is 48.2 Å². The lowest BCUT2D eigenvalue weighted by Crippen LogP contribution is -2.43. The number of hydrogen-bond donors (Lipinski definition) is 2. The van der Waals surface area contributed by atoms with Gasteiger partial charge in [0.05, 0.1) is 18.2 Å². The Hall–Kier alpha value is -3.96. The monoisotopic (exact) mass is 496 g/mol. The van der Waals surface area contributed by atoms with Crippen molar-refractivity contribution in [2.45, 2.75) is 25.3 Å². The van der Waals surface area contributed by atoms with Crippen molar-refractivity contribution in [2.75, 3.05) is 6.61 Å². The van der Waals surface area contributed by atoms with Crippen molar-refractivity contribution in [3.05, 3.63) is 87.4 Å². The Balaban J connectivity index is 1.67. The van der Waals surface area contributed by atoms with Gasteiger partial charge in [-0.1, -0.05) is 35.9 Å². The van der Waals surface area contributed by atoms with Crippen LogP contribution in [0.15, 0.2) is 48.5 Å². The molecule has 0 bridgehead atoms. The van der Waals surface area contributed by atoms with Crippen LogP contribution in [-0.2, 0) is 17.6 Å². The van der Waals surface area contributed by atoms with E-state index in [1.807, 2.05) is 6.07 Å². The topological polar surface area (TPSA) is 99.4 Å². The van der Waals surface area contributed by atoms with Gasteiger partial charge in [0.1, 0.15) is 29.0 Å². The molecule has 0 radical (unpaired) electrons. The number of nitriles is 1. The second kappa shape index (κ2) is 10.1. The van der Waals surface area contributed by atoms with Gasteiger partial charge in [-0.15, -0.1) is 0 Å². The van der Waals surface area contributed by atoms with E-state index >= 15 is 0 Å². The summed E-state index contributed by atoms with van der Waals surface area (Å²) >= 11 is 6.40. The lowest BCUT2D eigenvalue weighted by Gasteiger charge is -2.25. The highest BCUT2D eigenvalue weighted by atomic mass is 35.5. The number of halogens is 3. The minimum absolute atomic E-state index is 0.121. The van der Waals surface area contributed by atoms with Crippen molar-refractivity contribution in [1.29, 1.82) is 5.26 Å². The van der Waals surface area contributed by atoms with Crippen molar-refractivity contribution in [3.8, 4) is 22.9 Å². The zero-order chi connectivity index (χ0) is 25.1. The quantitative estimate of drug-likeness (QED) is 0.505. The van der Waals surface area contributed by atoms with Crippen LogP contribution in [0.1, 0.15) is 33.5 Å². The largest absolute Gasteiger partial charge is 0.493 e. The predicted octanol–water partition coefficient (Wildman–Crippen LogP) is 4.91. The number of carbonyl (C=O) groups is 2. The highest BCUT2D eigenvalue weighted by Gasteiger charge is 2.28. The van der Waals surface area contributed by atoms with Crippen LogP contribution in [0.25, 0.3) is 11.1 Å². The zero-order valence-corrected chi connectivity index (χ0v) is 19.0. The first-order chi connectivity index (χ1) is 16.8. The first-order valence-electron chi connectivity index (χ1n) is 10.8. The number of rotatable bonds is 6. The molecule has 178 valence electrons. The molecule has 0 fully saturated rings. The number of carboxylic acid groups (broad SMARTS) is 1. The molecule has 1 heterocycles. The summed E-state index contributed by atoms with van der Waals surface area (Å²) in [6.07, 6.45) is 1.19. The standard InChI is InChI=1S/C26H19ClF2N2O4/c27-19-11-14(13-30)6-8-17(19)18-9-7-15(16-3-2-10-35-24(16)18)12-22(26(33)34)31-25(32)23-20(28)4-1-5-21(23)29/h1,4-9,11,22H,2-3,10,12H2,(H,31,32)(H,33,34)/t22-/m0/s1. The fourth-order valence-electron chi connectivity index (χ4n) is 4.10. The molecular formula is C26H19ClF2N2O4. The third-order valence-corrected chi connectivity index (χ3v) is 6.09. The number of nitrogens with one attached hydrogen (secondary N) is 1. The van der Waals surface area contributed by atoms with Crippen molar-refractivity contribution < 1.29 is 28.2 Å². The Bertz CT molecular complexity index is 1350. The Morgan fingerprint density at radius 1 is 1.14 bits per heavy atom. The third-order valence-electron chi connectivity index (χ3n) is 5.78. The van der Waals surface area contributed by atoms with Crippen molar-refractivity contribution in [3.63, 3.8) is 0 Å². The van der Waals surface area contributed by atoms with Gasteiger partial charge in [0.15, 0.2) is 0 Å². The van der Waals surface area contributed by atoms with Crippen LogP contribution >= 0.6 is 11.6 Å². The zero-order valence-electron chi connectivity index (χ0n) is 18.3. The van der Waals surface area contributed by atoms with Gasteiger partial charge in [-0.3, -0.25) is 4.79 Å². The number of ether oxygens (including phenoxy) is 1. The van der Waals surface area contributed by atoms with Gasteiger partial charge < -0.3 is 15.2 Å². The molecule has 9 heteroatoms. The fraction of sp³-hybridized carbons (Fsp3) is 0.192. The molecular weight excluding hydrogens is 478 g/mol. The fourth-order valence-corrected chi connectivity index (χ4v) is 4.38. The number of benzene rings is 3. The summed E-state index contributed by atoms with van der Waals surface area (Å²) in [7, 11) is 0. The first-order valence-corrected chi connectivity index (χ1v) is 11.1. The van der Waals surface area contributed by atoms with Gasteiger partial charge in [-0.2, -0.15) is 5.26 Å². The van der Waals surface area contributed by atoms with E-state index in [-0.39, 0.29) is 6.42 Å². The Morgan fingerprint density at radius 3 is 2.51 bits per heavy atom. The van der Waals surface area contributed by atoms with Crippen LogP contribution in [0.2, 0.25) is 5.02 Å². The van der Waals surface area contributed by atoms with Gasteiger partial charge in [0.2, 0.25) is 0 Å². The summed E-state index contributed by atoms with van der Waals surface area (Å²) in [5.41, 5.74) is 2.32. The lowest BCUT2D eigenvalue weighted by molar-refractivity contribution is -0.139. The summed E-state index contributed by atoms with van der Waals surface area (Å²) in [5.74, 6) is -4.11. The average Bonchev–Trinajstić information content (AvgIpc) is 2.83. The second-order valence-corrected chi connectivity index (χ2v) is 8.41. The Morgan fingerprint density at radius 2 is 1.86 bits per heavy atom. The molecule has 1 aliphatic rings. The molecule has 2 N–H and O–H groups in total. The molecule has 0 unspecified atom stereocenters. The van der Waals surface area contributed by atoms with Gasteiger partial charge >= 0.3 is 5.97 Å². The second-order valence-electron chi connectivity index (χ2n) is 8.00. The maximum atomic E-state index is 14.0. The van der Waals surface area contributed by atoms with E-state index in [0.29, 0.717) is 52.5 Å². The van der Waals surface area contributed by atoms with Gasteiger partial charge in [0.25, 0.3) is 5.91 Å². The minimum atomic E-state index is -1.43. The van der Waals surface area contributed by atoms with E-state index in [1.165, 1.54) is 0 Å². The summed E-state index contributed by atoms with van der Waals surface area (Å²) in [4.78, 5) is 24.4. The molecule has 1 amide bonds. The molecule has 4 rings (SSSR count). The van der Waals surface area contributed by atoms with E-state index in [9.17, 15) is 23.5 Å². The van der Waals surface area contributed by atoms with E-state index in [0.717, 1.165) is 23.8 Å². The first kappa shape index (κ1) is 24.2. The van der Waals surface area contributed by atoms with E-state index in [1.54, 1.807) is 30.3 Å². The number of amides is 1. The van der Waals surface area contributed by atoms with Gasteiger partial charge in [0, 0.05) is 22.6 Å². The molecule has 0 saturated heterocycles. The highest BCUT2D eigenvalue weighted by Crippen LogP contribution is 2.41. The number of fused-ring (bicyclic) bond motifs is 1. The molecule has 0 spiro atoms. The van der Waals surface area contributed by atoms with Crippen LogP contribution in [0, 0.1) is 23.0 Å². The lowest BCUT2D eigenvalue weighted by atomic mass is 9.90. The number of carboxylic acids is 1. The predicted molar refractivity (Wildman–Crippen MR) is 124 cm³/mol. The summed E-state index contributed by atoms with van der Waals surface area (Å²) in [5, 5.41) is 21.4. The number of carbonyl (C=O) groups excluding carboxylic acids is 1. The molecule has 3 aromatic carbocycles. The van der Waals surface area contributed by atoms with Crippen LogP contribution in [-0.4, -0.2) is 29.6 Å². The average molecular weight is 497 g/mol. The highest BCUT2D eigenvalue weighted by molar-refractivity contribution is 6.33. The number of nitrogens with zero attached hydrogens (tertiary/aromatic N) is 1. The molecule has 0 aromatic heterocycles. The van der Waals surface area contributed by atoms with Crippen molar-refractivity contribution >= 4 is 23.5 Å². The Labute approximate surface area is 204 Å². The number of aliphatic carboxylic acids is 1. The van der Waals surface area contributed by atoms with Crippen molar-refractivity contribution in [1.82, 2.24) is 5.32 Å². The third kappa shape index (κ3) is 4.96. The SMILES string of the molecule is N#Cc1ccc(-c2ccc(C[C@H](NC(=O)c3c(F)cccc3F)C(=O)O)c3c2OCCC3)c(Cl)c1. The summed E-state index contributed by atoms with van der Waals surface area (Å²) in [6, 6.07) is 11.9. The van der Waals surface area contributed by atoms with Crippen LogP contribution in [0.5, 0.6) is 5.75 Å². The summed E-state index contributed by atoms with van der Waals surface area (Å²) < 4.78 is 33.9. The van der Waals surface area contributed by atoms with Crippen LogP contribution < -0.4 is 10.1 Å². The van der Waals surface area contributed by atoms with Crippen LogP contribution in [0.3, 0.4) is 0 Å². The van der Waals surface area contributed by atoms with E-state index in [4.69, 9.17) is 21.6 Å². The minimum Gasteiger partial charge on any atom is -0.493 e. The normalized spacial score (nSPS) is 13.2. The smallest absolute Gasteiger partial charge is 0.326 e. The molecule has 35 heavy (non-hydrogen) atoms. The molecule has 6 nitrogen and oxygen atoms in total. The maximum Gasteiger partial charge on any atom is 0.326 e.